The molecule has 2 heteroatoms. The van der Waals surface area contributed by atoms with Crippen molar-refractivity contribution in [2.75, 3.05) is 0 Å². The monoisotopic (exact) mass is 622 g/mol. The molecule has 0 radical (unpaired) electrons. The van der Waals surface area contributed by atoms with Crippen LogP contribution in [-0.4, -0.2) is 4.98 Å². The maximum absolute atomic E-state index is 9.51. The van der Waals surface area contributed by atoms with Gasteiger partial charge in [0.25, 0.3) is 0 Å². The maximum Gasteiger partial charge on any atom is 0.0992 e. The third-order valence-corrected chi connectivity index (χ3v) is 10.0. The van der Waals surface area contributed by atoms with Crippen LogP contribution in [0.1, 0.15) is 27.8 Å². The van der Waals surface area contributed by atoms with E-state index in [0.29, 0.717) is 5.56 Å². The number of rotatable bonds is 5. The van der Waals surface area contributed by atoms with E-state index in [9.17, 15) is 5.26 Å². The number of nitriles is 1. The molecule has 0 atom stereocenters. The summed E-state index contributed by atoms with van der Waals surface area (Å²) in [5.41, 5.74) is 14.1. The zero-order chi connectivity index (χ0) is 32.8. The Morgan fingerprint density at radius 2 is 1.06 bits per heavy atom. The van der Waals surface area contributed by atoms with E-state index in [2.05, 4.69) is 175 Å². The molecular formula is C47H30N2. The lowest BCUT2D eigenvalue weighted by Gasteiger charge is -2.34. The van der Waals surface area contributed by atoms with Gasteiger partial charge in [-0.25, -0.2) is 0 Å². The molecule has 0 saturated heterocycles. The van der Waals surface area contributed by atoms with Crippen molar-refractivity contribution in [3.8, 4) is 50.7 Å². The lowest BCUT2D eigenvalue weighted by molar-refractivity contribution is 0.769. The number of pyridine rings is 1. The van der Waals surface area contributed by atoms with Crippen molar-refractivity contribution < 1.29 is 0 Å². The molecule has 8 aromatic rings. The molecule has 49 heavy (non-hydrogen) atoms. The molecular weight excluding hydrogens is 593 g/mol. The lowest BCUT2D eigenvalue weighted by atomic mass is 9.67. The van der Waals surface area contributed by atoms with Crippen molar-refractivity contribution in [3.63, 3.8) is 0 Å². The molecule has 9 rings (SSSR count). The molecule has 0 saturated carbocycles. The second-order valence-corrected chi connectivity index (χ2v) is 12.6. The molecule has 7 aromatic carbocycles. The van der Waals surface area contributed by atoms with E-state index in [0.717, 1.165) is 22.4 Å². The normalized spacial score (nSPS) is 12.6. The van der Waals surface area contributed by atoms with Gasteiger partial charge in [-0.3, -0.25) is 4.98 Å². The molecule has 1 heterocycles. The maximum atomic E-state index is 9.51. The summed E-state index contributed by atoms with van der Waals surface area (Å²) in [5, 5.41) is 12.0. The number of fused-ring (bicyclic) bond motifs is 5. The van der Waals surface area contributed by atoms with Gasteiger partial charge in [-0.05, 0) is 96.7 Å². The molecule has 0 bridgehead atoms. The molecule has 1 aliphatic carbocycles. The van der Waals surface area contributed by atoms with Crippen LogP contribution in [0.3, 0.4) is 0 Å². The van der Waals surface area contributed by atoms with E-state index in [1.54, 1.807) is 12.3 Å². The van der Waals surface area contributed by atoms with Crippen molar-refractivity contribution in [1.82, 2.24) is 4.98 Å². The molecule has 0 spiro atoms. The topological polar surface area (TPSA) is 36.7 Å². The number of hydrogen-bond acceptors (Lipinski definition) is 2. The van der Waals surface area contributed by atoms with Gasteiger partial charge in [-0.2, -0.15) is 5.26 Å². The van der Waals surface area contributed by atoms with Crippen LogP contribution < -0.4 is 0 Å². The second kappa shape index (κ2) is 11.6. The minimum absolute atomic E-state index is 0.558. The first-order chi connectivity index (χ1) is 24.3. The first-order valence-corrected chi connectivity index (χ1v) is 16.6. The fraction of sp³-hybridized carbons (Fsp3) is 0.0213. The van der Waals surface area contributed by atoms with Gasteiger partial charge in [0.1, 0.15) is 0 Å². The van der Waals surface area contributed by atoms with Crippen molar-refractivity contribution >= 4 is 10.8 Å². The Bertz CT molecular complexity index is 2510. The van der Waals surface area contributed by atoms with Crippen molar-refractivity contribution in [2.45, 2.75) is 5.41 Å². The summed E-state index contributed by atoms with van der Waals surface area (Å²) in [5.74, 6) is 0. The number of hydrogen-bond donors (Lipinski definition) is 0. The average Bonchev–Trinajstić information content (AvgIpc) is 3.49. The van der Waals surface area contributed by atoms with E-state index in [-0.39, 0.29) is 0 Å². The Morgan fingerprint density at radius 1 is 0.449 bits per heavy atom. The van der Waals surface area contributed by atoms with Gasteiger partial charge in [0, 0.05) is 11.8 Å². The third kappa shape index (κ3) is 4.52. The molecule has 1 aromatic heterocycles. The van der Waals surface area contributed by atoms with Crippen LogP contribution in [0.2, 0.25) is 0 Å². The summed E-state index contributed by atoms with van der Waals surface area (Å²) in [7, 11) is 0. The summed E-state index contributed by atoms with van der Waals surface area (Å²) >= 11 is 0. The van der Waals surface area contributed by atoms with Crippen LogP contribution in [0.15, 0.2) is 182 Å². The van der Waals surface area contributed by atoms with E-state index < -0.39 is 5.41 Å². The molecule has 0 N–H and O–H groups in total. The van der Waals surface area contributed by atoms with Gasteiger partial charge in [-0.15, -0.1) is 0 Å². The highest BCUT2D eigenvalue weighted by molar-refractivity contribution is 6.10. The van der Waals surface area contributed by atoms with E-state index >= 15 is 0 Å². The van der Waals surface area contributed by atoms with Gasteiger partial charge in [0.05, 0.1) is 22.7 Å². The number of nitrogens with zero attached hydrogens (tertiary/aromatic N) is 2. The third-order valence-electron chi connectivity index (χ3n) is 10.0. The summed E-state index contributed by atoms with van der Waals surface area (Å²) in [6, 6.07) is 65.4. The van der Waals surface area contributed by atoms with Crippen molar-refractivity contribution in [3.05, 3.63) is 210 Å². The van der Waals surface area contributed by atoms with Gasteiger partial charge in [0.15, 0.2) is 0 Å². The molecule has 0 fully saturated rings. The summed E-state index contributed by atoms with van der Waals surface area (Å²) < 4.78 is 0. The average molecular weight is 623 g/mol. The Morgan fingerprint density at radius 3 is 1.78 bits per heavy atom. The summed E-state index contributed by atoms with van der Waals surface area (Å²) in [6.45, 7) is 0. The first kappa shape index (κ1) is 28.6. The van der Waals surface area contributed by atoms with Gasteiger partial charge in [-0.1, -0.05) is 146 Å². The minimum Gasteiger partial charge on any atom is -0.256 e. The van der Waals surface area contributed by atoms with Crippen LogP contribution in [0, 0.1) is 11.3 Å². The molecule has 2 nitrogen and oxygen atoms in total. The zero-order valence-corrected chi connectivity index (χ0v) is 26.7. The predicted octanol–water partition coefficient (Wildman–Crippen LogP) is 11.5. The van der Waals surface area contributed by atoms with E-state index in [1.165, 1.54) is 55.3 Å². The highest BCUT2D eigenvalue weighted by Crippen LogP contribution is 2.59. The number of benzene rings is 7. The first-order valence-electron chi connectivity index (χ1n) is 16.6. The van der Waals surface area contributed by atoms with Crippen LogP contribution in [-0.2, 0) is 5.41 Å². The standard InChI is InChI=1S/C47H30N2/c48-31-32-25-26-49-45(27-32)36-16-12-15-34(28-36)35-23-24-41-43(29-35)47(37-17-6-2-7-18-37,38-19-8-3-9-20-38)44-30-42(33-13-4-1-5-14-33)39-21-10-11-22-40(39)46(41)44/h1-30H. The summed E-state index contributed by atoms with van der Waals surface area (Å²) in [4.78, 5) is 4.59. The fourth-order valence-electron chi connectivity index (χ4n) is 7.90. The van der Waals surface area contributed by atoms with Crippen LogP contribution >= 0.6 is 0 Å². The van der Waals surface area contributed by atoms with E-state index in [1.807, 2.05) is 6.07 Å². The molecule has 1 aliphatic rings. The van der Waals surface area contributed by atoms with Crippen molar-refractivity contribution in [1.29, 1.82) is 5.26 Å². The highest BCUT2D eigenvalue weighted by atomic mass is 14.7. The zero-order valence-electron chi connectivity index (χ0n) is 26.7. The van der Waals surface area contributed by atoms with Gasteiger partial charge < -0.3 is 0 Å². The van der Waals surface area contributed by atoms with Crippen LogP contribution in [0.5, 0.6) is 0 Å². The van der Waals surface area contributed by atoms with Gasteiger partial charge >= 0.3 is 0 Å². The highest BCUT2D eigenvalue weighted by Gasteiger charge is 2.47. The Hall–Kier alpha value is -6.56. The Balaban J connectivity index is 1.37. The van der Waals surface area contributed by atoms with Crippen LogP contribution in [0.25, 0.3) is 55.4 Å². The molecule has 0 amide bonds. The Labute approximate surface area is 286 Å². The largest absolute Gasteiger partial charge is 0.256 e. The van der Waals surface area contributed by atoms with E-state index in [4.69, 9.17) is 0 Å². The number of aromatic nitrogens is 1. The predicted molar refractivity (Wildman–Crippen MR) is 200 cm³/mol. The Kier molecular flexibility index (Phi) is 6.78. The summed E-state index contributed by atoms with van der Waals surface area (Å²) in [6.07, 6.45) is 1.70. The van der Waals surface area contributed by atoms with Crippen molar-refractivity contribution in [2.24, 2.45) is 0 Å². The minimum atomic E-state index is -0.558. The second-order valence-electron chi connectivity index (χ2n) is 12.6. The molecule has 0 unspecified atom stereocenters. The SMILES string of the molecule is N#Cc1ccnc(-c2cccc(-c3ccc4c(c3)C(c3ccccc3)(c3ccccc3)c3cc(-c5ccccc5)c5ccccc5c3-4)c2)c1. The lowest BCUT2D eigenvalue weighted by Crippen LogP contribution is -2.28. The van der Waals surface area contributed by atoms with Gasteiger partial charge in [0.2, 0.25) is 0 Å². The molecule has 0 aliphatic heterocycles. The fourth-order valence-corrected chi connectivity index (χ4v) is 7.90. The van der Waals surface area contributed by atoms with Crippen LogP contribution in [0.4, 0.5) is 0 Å². The quantitative estimate of drug-likeness (QED) is 0.191. The molecule has 228 valence electrons. The smallest absolute Gasteiger partial charge is 0.0992 e.